The van der Waals surface area contributed by atoms with Gasteiger partial charge in [0.2, 0.25) is 0 Å². The zero-order valence-electron chi connectivity index (χ0n) is 10.7. The Bertz CT molecular complexity index is 705. The molecule has 2 aromatic heterocycles. The molecule has 0 unspecified atom stereocenters. The largest absolute Gasteiger partial charge is 0.308 e. The Morgan fingerprint density at radius 1 is 1.26 bits per heavy atom. The molecular formula is C15H15N3S. The summed E-state index contributed by atoms with van der Waals surface area (Å²) in [5.74, 6) is 6.32. The molecular weight excluding hydrogens is 254 g/mol. The number of nitrogen functional groups attached to an aromatic ring is 1. The van der Waals surface area contributed by atoms with E-state index in [4.69, 9.17) is 5.84 Å². The fourth-order valence-electron chi connectivity index (χ4n) is 2.18. The van der Waals surface area contributed by atoms with Crippen molar-refractivity contribution in [1.82, 2.24) is 4.98 Å². The van der Waals surface area contributed by atoms with E-state index in [-0.39, 0.29) is 0 Å². The molecule has 0 bridgehead atoms. The maximum Gasteiger partial charge on any atom is 0.149 e. The van der Waals surface area contributed by atoms with E-state index in [0.29, 0.717) is 0 Å². The number of pyridine rings is 1. The quantitative estimate of drug-likeness (QED) is 0.561. The molecule has 0 spiro atoms. The van der Waals surface area contributed by atoms with Crippen molar-refractivity contribution < 1.29 is 0 Å². The summed E-state index contributed by atoms with van der Waals surface area (Å²) in [5.41, 5.74) is 6.04. The molecule has 3 rings (SSSR count). The fraction of sp³-hybridized carbons (Fsp3) is 0.133. The first-order valence-corrected chi connectivity index (χ1v) is 7.14. The number of rotatable bonds is 3. The van der Waals surface area contributed by atoms with Crippen molar-refractivity contribution in [3.8, 4) is 10.4 Å². The number of nitrogens with one attached hydrogen (secondary N) is 1. The Morgan fingerprint density at radius 3 is 2.84 bits per heavy atom. The van der Waals surface area contributed by atoms with Crippen molar-refractivity contribution in [2.45, 2.75) is 13.3 Å². The number of nitrogens with two attached hydrogens (primary N) is 1. The molecule has 3 nitrogen and oxygen atoms in total. The Morgan fingerprint density at radius 2 is 2.16 bits per heavy atom. The average Bonchev–Trinajstić information content (AvgIpc) is 2.99. The number of hydrogen-bond acceptors (Lipinski definition) is 4. The van der Waals surface area contributed by atoms with Crippen molar-refractivity contribution in [3.63, 3.8) is 0 Å². The number of aryl methyl sites for hydroxylation is 1. The van der Waals surface area contributed by atoms with Crippen molar-refractivity contribution >= 4 is 28.1 Å². The highest BCUT2D eigenvalue weighted by molar-refractivity contribution is 7.13. The second-order valence-electron chi connectivity index (χ2n) is 4.39. The van der Waals surface area contributed by atoms with E-state index in [1.165, 1.54) is 10.4 Å². The summed E-state index contributed by atoms with van der Waals surface area (Å²) in [4.78, 5) is 5.77. The van der Waals surface area contributed by atoms with E-state index in [2.05, 4.69) is 47.0 Å². The SMILES string of the molecule is CCc1ccc2nc(NN)c(-c3cccs3)cc2c1. The zero-order chi connectivity index (χ0) is 13.2. The van der Waals surface area contributed by atoms with Crippen LogP contribution in [0.3, 0.4) is 0 Å². The molecule has 1 aromatic carbocycles. The molecule has 0 aliphatic heterocycles. The van der Waals surface area contributed by atoms with Gasteiger partial charge in [-0.3, -0.25) is 0 Å². The second-order valence-corrected chi connectivity index (χ2v) is 5.33. The van der Waals surface area contributed by atoms with Crippen LogP contribution < -0.4 is 11.3 Å². The smallest absolute Gasteiger partial charge is 0.149 e. The van der Waals surface area contributed by atoms with Gasteiger partial charge in [0, 0.05) is 15.8 Å². The summed E-state index contributed by atoms with van der Waals surface area (Å²) in [6.45, 7) is 2.16. The monoisotopic (exact) mass is 269 g/mol. The molecule has 0 saturated carbocycles. The molecule has 0 radical (unpaired) electrons. The highest BCUT2D eigenvalue weighted by atomic mass is 32.1. The van der Waals surface area contributed by atoms with Gasteiger partial charge in [-0.1, -0.05) is 19.1 Å². The van der Waals surface area contributed by atoms with Crippen LogP contribution in [0, 0.1) is 0 Å². The van der Waals surface area contributed by atoms with Crippen molar-refractivity contribution in [2.24, 2.45) is 5.84 Å². The molecule has 2 heterocycles. The molecule has 3 aromatic rings. The Labute approximate surface area is 116 Å². The molecule has 96 valence electrons. The van der Waals surface area contributed by atoms with Gasteiger partial charge in [-0.15, -0.1) is 11.3 Å². The number of nitrogens with zero attached hydrogens (tertiary/aromatic N) is 1. The van der Waals surface area contributed by atoms with E-state index in [1.807, 2.05) is 12.1 Å². The Hall–Kier alpha value is -1.91. The lowest BCUT2D eigenvalue weighted by Gasteiger charge is -2.09. The summed E-state index contributed by atoms with van der Waals surface area (Å²) < 4.78 is 0. The third-order valence-electron chi connectivity index (χ3n) is 3.21. The second kappa shape index (κ2) is 4.99. The molecule has 19 heavy (non-hydrogen) atoms. The van der Waals surface area contributed by atoms with Gasteiger partial charge in [0.1, 0.15) is 5.82 Å². The summed E-state index contributed by atoms with van der Waals surface area (Å²) >= 11 is 1.69. The minimum Gasteiger partial charge on any atom is -0.308 e. The normalized spacial score (nSPS) is 10.8. The third-order valence-corrected chi connectivity index (χ3v) is 4.11. The van der Waals surface area contributed by atoms with E-state index >= 15 is 0 Å². The first kappa shape index (κ1) is 12.1. The number of benzene rings is 1. The van der Waals surface area contributed by atoms with E-state index in [9.17, 15) is 0 Å². The highest BCUT2D eigenvalue weighted by Gasteiger charge is 2.09. The van der Waals surface area contributed by atoms with Crippen LogP contribution in [0.15, 0.2) is 41.8 Å². The van der Waals surface area contributed by atoms with Crippen LogP contribution in [-0.4, -0.2) is 4.98 Å². The number of thiophene rings is 1. The number of fused-ring (bicyclic) bond motifs is 1. The average molecular weight is 269 g/mol. The summed E-state index contributed by atoms with van der Waals surface area (Å²) in [6, 6.07) is 12.6. The van der Waals surface area contributed by atoms with Crippen LogP contribution >= 0.6 is 11.3 Å². The van der Waals surface area contributed by atoms with Crippen LogP contribution in [0.2, 0.25) is 0 Å². The molecule has 0 atom stereocenters. The van der Waals surface area contributed by atoms with Gasteiger partial charge in [0.15, 0.2) is 0 Å². The number of hydrazine groups is 1. The number of hydrogen-bond donors (Lipinski definition) is 2. The number of anilines is 1. The van der Waals surface area contributed by atoms with Crippen molar-refractivity contribution in [1.29, 1.82) is 0 Å². The molecule has 0 saturated heterocycles. The van der Waals surface area contributed by atoms with Crippen LogP contribution in [0.25, 0.3) is 21.3 Å². The zero-order valence-corrected chi connectivity index (χ0v) is 11.5. The van der Waals surface area contributed by atoms with Crippen molar-refractivity contribution in [3.05, 3.63) is 47.3 Å². The molecule has 0 aliphatic rings. The molecule has 4 heteroatoms. The maximum absolute atomic E-state index is 5.60. The van der Waals surface area contributed by atoms with Crippen LogP contribution in [0.1, 0.15) is 12.5 Å². The number of aromatic nitrogens is 1. The standard InChI is InChI=1S/C15H15N3S/c1-2-10-5-6-13-11(8-10)9-12(15(17-13)18-16)14-4-3-7-19-14/h3-9H,2,16H2,1H3,(H,17,18). The van der Waals surface area contributed by atoms with E-state index in [0.717, 1.165) is 28.7 Å². The Kier molecular flexibility index (Phi) is 3.19. The molecule has 0 aliphatic carbocycles. The third kappa shape index (κ3) is 2.20. The van der Waals surface area contributed by atoms with Gasteiger partial charge in [0.25, 0.3) is 0 Å². The fourth-order valence-corrected chi connectivity index (χ4v) is 2.92. The van der Waals surface area contributed by atoms with E-state index in [1.54, 1.807) is 11.3 Å². The molecule has 0 amide bonds. The van der Waals surface area contributed by atoms with Crippen LogP contribution in [0.5, 0.6) is 0 Å². The molecule has 0 fully saturated rings. The summed E-state index contributed by atoms with van der Waals surface area (Å²) in [7, 11) is 0. The summed E-state index contributed by atoms with van der Waals surface area (Å²) in [5, 5.41) is 3.21. The van der Waals surface area contributed by atoms with Gasteiger partial charge < -0.3 is 5.43 Å². The van der Waals surface area contributed by atoms with Gasteiger partial charge in [-0.05, 0) is 41.6 Å². The minimum absolute atomic E-state index is 0.721. The highest BCUT2D eigenvalue weighted by Crippen LogP contribution is 2.32. The van der Waals surface area contributed by atoms with Crippen molar-refractivity contribution in [2.75, 3.05) is 5.43 Å². The lowest BCUT2D eigenvalue weighted by molar-refractivity contribution is 1.14. The molecule has 3 N–H and O–H groups in total. The summed E-state index contributed by atoms with van der Waals surface area (Å²) in [6.07, 6.45) is 1.03. The van der Waals surface area contributed by atoms with E-state index < -0.39 is 0 Å². The predicted molar refractivity (Wildman–Crippen MR) is 82.2 cm³/mol. The van der Waals surface area contributed by atoms with Gasteiger partial charge >= 0.3 is 0 Å². The van der Waals surface area contributed by atoms with Gasteiger partial charge in [0.05, 0.1) is 5.52 Å². The minimum atomic E-state index is 0.721. The first-order valence-electron chi connectivity index (χ1n) is 6.26. The first-order chi connectivity index (χ1) is 9.31. The topological polar surface area (TPSA) is 50.9 Å². The Balaban J connectivity index is 2.25. The lowest BCUT2D eigenvalue weighted by atomic mass is 10.1. The lowest BCUT2D eigenvalue weighted by Crippen LogP contribution is -2.09. The van der Waals surface area contributed by atoms with Gasteiger partial charge in [-0.2, -0.15) is 0 Å². The predicted octanol–water partition coefficient (Wildman–Crippen LogP) is 3.81. The maximum atomic E-state index is 5.60. The van der Waals surface area contributed by atoms with Crippen LogP contribution in [-0.2, 0) is 6.42 Å². The van der Waals surface area contributed by atoms with Gasteiger partial charge in [-0.25, -0.2) is 10.8 Å². The van der Waals surface area contributed by atoms with Crippen LogP contribution in [0.4, 0.5) is 5.82 Å².